The molecule has 26 heavy (non-hydrogen) atoms. The van der Waals surface area contributed by atoms with E-state index in [0.29, 0.717) is 24.7 Å². The van der Waals surface area contributed by atoms with Crippen molar-refractivity contribution in [1.29, 1.82) is 5.26 Å². The summed E-state index contributed by atoms with van der Waals surface area (Å²) in [6, 6.07) is 11.3. The van der Waals surface area contributed by atoms with E-state index in [9.17, 15) is 10.1 Å². The third-order valence-corrected chi connectivity index (χ3v) is 4.10. The van der Waals surface area contributed by atoms with Gasteiger partial charge in [0, 0.05) is 50.5 Å². The maximum atomic E-state index is 12.4. The highest BCUT2D eigenvalue weighted by Crippen LogP contribution is 2.13. The molecule has 1 saturated heterocycles. The predicted octanol–water partition coefficient (Wildman–Crippen LogP) is 1.95. The largest absolute Gasteiger partial charge is 0.373 e. The molecule has 1 aliphatic heterocycles. The fraction of sp³-hybridized carbons (Fsp3) is 0.263. The van der Waals surface area contributed by atoms with Crippen LogP contribution in [0.25, 0.3) is 0 Å². The fourth-order valence-electron chi connectivity index (χ4n) is 2.75. The first-order chi connectivity index (χ1) is 12.7. The molecule has 1 N–H and O–H groups in total. The van der Waals surface area contributed by atoms with Crippen molar-refractivity contribution in [3.05, 3.63) is 60.1 Å². The number of benzene rings is 1. The Morgan fingerprint density at radius 1 is 1.19 bits per heavy atom. The van der Waals surface area contributed by atoms with Crippen molar-refractivity contribution in [3.8, 4) is 6.07 Å². The minimum Gasteiger partial charge on any atom is -0.373 e. The quantitative estimate of drug-likeness (QED) is 0.671. The molecule has 1 aromatic carbocycles. The molecule has 7 heteroatoms. The van der Waals surface area contributed by atoms with Crippen LogP contribution in [0, 0.1) is 18.3 Å². The Bertz CT molecular complexity index is 835. The number of anilines is 2. The number of nitriles is 1. The summed E-state index contributed by atoms with van der Waals surface area (Å²) in [6.07, 6.45) is 5.07. The van der Waals surface area contributed by atoms with Gasteiger partial charge in [0.25, 0.3) is 5.91 Å². The first-order valence-electron chi connectivity index (χ1n) is 8.41. The number of hydrogen-bond acceptors (Lipinski definition) is 6. The van der Waals surface area contributed by atoms with Crippen LogP contribution in [0.4, 0.5) is 11.6 Å². The van der Waals surface area contributed by atoms with Gasteiger partial charge in [-0.1, -0.05) is 12.1 Å². The molecule has 132 valence electrons. The molecule has 1 aliphatic rings. The maximum Gasteiger partial charge on any atom is 0.267 e. The smallest absolute Gasteiger partial charge is 0.267 e. The second-order valence-electron chi connectivity index (χ2n) is 6.05. The number of nitrogens with one attached hydrogen (secondary N) is 1. The number of carbonyl (C=O) groups is 1. The van der Waals surface area contributed by atoms with E-state index < -0.39 is 5.91 Å². The van der Waals surface area contributed by atoms with Gasteiger partial charge in [-0.2, -0.15) is 5.26 Å². The van der Waals surface area contributed by atoms with Crippen molar-refractivity contribution in [2.45, 2.75) is 6.92 Å². The zero-order valence-corrected chi connectivity index (χ0v) is 14.6. The van der Waals surface area contributed by atoms with Crippen LogP contribution in [0.3, 0.4) is 0 Å². The van der Waals surface area contributed by atoms with Crippen molar-refractivity contribution in [3.63, 3.8) is 0 Å². The van der Waals surface area contributed by atoms with Crippen LogP contribution in [0.15, 0.2) is 54.5 Å². The van der Waals surface area contributed by atoms with E-state index >= 15 is 0 Å². The van der Waals surface area contributed by atoms with Crippen molar-refractivity contribution in [2.24, 2.45) is 0 Å². The molecule has 0 unspecified atom stereocenters. The molecule has 1 amide bonds. The topological polar surface area (TPSA) is 85.2 Å². The minimum atomic E-state index is -0.396. The van der Waals surface area contributed by atoms with Crippen molar-refractivity contribution in [1.82, 2.24) is 14.9 Å². The van der Waals surface area contributed by atoms with Gasteiger partial charge < -0.3 is 15.1 Å². The molecule has 1 aromatic heterocycles. The molecule has 0 atom stereocenters. The van der Waals surface area contributed by atoms with Crippen LogP contribution in [-0.4, -0.2) is 47.0 Å². The van der Waals surface area contributed by atoms with Gasteiger partial charge in [-0.3, -0.25) is 4.79 Å². The van der Waals surface area contributed by atoms with Gasteiger partial charge in [0.2, 0.25) is 5.95 Å². The molecule has 0 saturated carbocycles. The number of aryl methyl sites for hydroxylation is 1. The summed E-state index contributed by atoms with van der Waals surface area (Å²) >= 11 is 0. The van der Waals surface area contributed by atoms with Crippen molar-refractivity contribution >= 4 is 17.5 Å². The summed E-state index contributed by atoms with van der Waals surface area (Å²) in [6.45, 7) is 4.81. The van der Waals surface area contributed by atoms with E-state index in [4.69, 9.17) is 0 Å². The van der Waals surface area contributed by atoms with Gasteiger partial charge in [-0.15, -0.1) is 0 Å². The first-order valence-corrected chi connectivity index (χ1v) is 8.41. The van der Waals surface area contributed by atoms with E-state index in [1.165, 1.54) is 0 Å². The molecule has 2 heterocycles. The number of amides is 1. The first kappa shape index (κ1) is 17.4. The van der Waals surface area contributed by atoms with Crippen molar-refractivity contribution < 1.29 is 4.79 Å². The number of carbonyl (C=O) groups excluding carboxylic acids is 1. The third-order valence-electron chi connectivity index (χ3n) is 4.10. The van der Waals surface area contributed by atoms with Crippen LogP contribution in [0.5, 0.6) is 0 Å². The number of nitrogens with zero attached hydrogens (tertiary/aromatic N) is 5. The average molecular weight is 348 g/mol. The number of hydrogen-bond donors (Lipinski definition) is 1. The van der Waals surface area contributed by atoms with Crippen LogP contribution < -0.4 is 10.2 Å². The van der Waals surface area contributed by atoms with Gasteiger partial charge in [0.15, 0.2) is 0 Å². The van der Waals surface area contributed by atoms with Gasteiger partial charge in [0.1, 0.15) is 11.6 Å². The van der Waals surface area contributed by atoms with E-state index in [-0.39, 0.29) is 5.57 Å². The predicted molar refractivity (Wildman–Crippen MR) is 99.3 cm³/mol. The standard InChI is InChI=1S/C19H20N6O/c1-15-4-2-5-17(12-15)23-18(26)16(13-20)14-24-8-10-25(11-9-24)19-21-6-3-7-22-19/h2-7,12,14H,8-11H2,1H3,(H,23,26)/b16-14-. The van der Waals surface area contributed by atoms with E-state index in [2.05, 4.69) is 20.2 Å². The third kappa shape index (κ3) is 4.36. The number of piperazine rings is 1. The molecule has 1 fully saturated rings. The molecule has 0 radical (unpaired) electrons. The normalized spacial score (nSPS) is 14.7. The second kappa shape index (κ2) is 8.12. The zero-order valence-electron chi connectivity index (χ0n) is 14.6. The summed E-state index contributed by atoms with van der Waals surface area (Å²) in [7, 11) is 0. The van der Waals surface area contributed by atoms with E-state index in [1.807, 2.05) is 36.1 Å². The highest BCUT2D eigenvalue weighted by atomic mass is 16.1. The SMILES string of the molecule is Cc1cccc(NC(=O)/C(C#N)=C\N2CCN(c3ncccn3)CC2)c1. The molecular formula is C19H20N6O. The molecular weight excluding hydrogens is 328 g/mol. The minimum absolute atomic E-state index is 0.0934. The Labute approximate surface area is 152 Å². The van der Waals surface area contributed by atoms with Gasteiger partial charge in [-0.25, -0.2) is 9.97 Å². The molecule has 3 rings (SSSR count). The Balaban J connectivity index is 1.61. The van der Waals surface area contributed by atoms with Gasteiger partial charge >= 0.3 is 0 Å². The fourth-order valence-corrected chi connectivity index (χ4v) is 2.75. The highest BCUT2D eigenvalue weighted by molar-refractivity contribution is 6.06. The molecule has 2 aromatic rings. The number of aromatic nitrogens is 2. The molecule has 0 bridgehead atoms. The van der Waals surface area contributed by atoms with Gasteiger partial charge in [0.05, 0.1) is 0 Å². The van der Waals surface area contributed by atoms with Crippen LogP contribution >= 0.6 is 0 Å². The highest BCUT2D eigenvalue weighted by Gasteiger charge is 2.19. The molecule has 0 aliphatic carbocycles. The average Bonchev–Trinajstić information content (AvgIpc) is 2.67. The van der Waals surface area contributed by atoms with E-state index in [0.717, 1.165) is 18.7 Å². The second-order valence-corrected chi connectivity index (χ2v) is 6.05. The Hall–Kier alpha value is -3.40. The summed E-state index contributed by atoms with van der Waals surface area (Å²) in [5, 5.41) is 12.1. The van der Waals surface area contributed by atoms with Crippen LogP contribution in [-0.2, 0) is 4.79 Å². The zero-order chi connectivity index (χ0) is 18.4. The van der Waals surface area contributed by atoms with E-state index in [1.54, 1.807) is 30.7 Å². The lowest BCUT2D eigenvalue weighted by Crippen LogP contribution is -2.45. The lowest BCUT2D eigenvalue weighted by molar-refractivity contribution is -0.112. The lowest BCUT2D eigenvalue weighted by atomic mass is 10.2. The van der Waals surface area contributed by atoms with Crippen molar-refractivity contribution in [2.75, 3.05) is 36.4 Å². The maximum absolute atomic E-state index is 12.4. The van der Waals surface area contributed by atoms with Gasteiger partial charge in [-0.05, 0) is 30.7 Å². The summed E-state index contributed by atoms with van der Waals surface area (Å²) in [4.78, 5) is 24.9. The Morgan fingerprint density at radius 2 is 1.92 bits per heavy atom. The summed E-state index contributed by atoms with van der Waals surface area (Å²) in [5.41, 5.74) is 1.82. The monoisotopic (exact) mass is 348 g/mol. The molecule has 0 spiro atoms. The number of rotatable bonds is 4. The lowest BCUT2D eigenvalue weighted by Gasteiger charge is -2.34. The Morgan fingerprint density at radius 3 is 2.58 bits per heavy atom. The summed E-state index contributed by atoms with van der Waals surface area (Å²) < 4.78 is 0. The van der Waals surface area contributed by atoms with Crippen LogP contribution in [0.1, 0.15) is 5.56 Å². The Kier molecular flexibility index (Phi) is 5.44. The summed E-state index contributed by atoms with van der Waals surface area (Å²) in [5.74, 6) is 0.306. The molecule has 7 nitrogen and oxygen atoms in total. The van der Waals surface area contributed by atoms with Crippen LogP contribution in [0.2, 0.25) is 0 Å².